The molecule has 0 heterocycles. The van der Waals surface area contributed by atoms with Gasteiger partial charge in [-0.25, -0.2) is 24.0 Å². The molecule has 0 amide bonds. The van der Waals surface area contributed by atoms with Gasteiger partial charge in [0.1, 0.15) is 11.5 Å². The zero-order valence-corrected chi connectivity index (χ0v) is 23.9. The van der Waals surface area contributed by atoms with Crippen LogP contribution in [-0.4, -0.2) is 66.5 Å². The van der Waals surface area contributed by atoms with Crippen LogP contribution < -0.4 is 0 Å². The maximum absolute atomic E-state index is 12.8. The van der Waals surface area contributed by atoms with E-state index in [1.807, 2.05) is 6.92 Å². The van der Waals surface area contributed by atoms with E-state index >= 15 is 0 Å². The highest BCUT2D eigenvalue weighted by Crippen LogP contribution is 2.32. The molecule has 4 aromatic rings. The number of carboxylic acids is 4. The molecule has 0 aromatic heterocycles. The molecule has 0 saturated heterocycles. The monoisotopic (exact) mass is 630 g/mol. The van der Waals surface area contributed by atoms with E-state index in [0.29, 0.717) is 0 Å². The van der Waals surface area contributed by atoms with Gasteiger partial charge in [-0.2, -0.15) is 0 Å². The number of carbonyl (C=O) groups excluding carboxylic acids is 2. The maximum Gasteiger partial charge on any atom is 0.346 e. The summed E-state index contributed by atoms with van der Waals surface area (Å²) < 4.78 is 4.83. The first kappa shape index (κ1) is 34.0. The molecular weight excluding hydrogens is 604 g/mol. The quantitative estimate of drug-likeness (QED) is 0.104. The van der Waals surface area contributed by atoms with Crippen molar-refractivity contribution < 1.29 is 64.1 Å². The van der Waals surface area contributed by atoms with Crippen LogP contribution >= 0.6 is 0 Å². The first-order chi connectivity index (χ1) is 21.7. The number of esters is 2. The van der Waals surface area contributed by atoms with Crippen molar-refractivity contribution >= 4 is 35.8 Å². The highest BCUT2D eigenvalue weighted by molar-refractivity contribution is 6.13. The van der Waals surface area contributed by atoms with Crippen LogP contribution in [0.2, 0.25) is 0 Å². The summed E-state index contributed by atoms with van der Waals surface area (Å²) in [7, 11) is 0. The van der Waals surface area contributed by atoms with Gasteiger partial charge >= 0.3 is 35.8 Å². The normalized spacial score (nSPS) is 10.9. The second-order valence-electron chi connectivity index (χ2n) is 9.72. The van der Waals surface area contributed by atoms with Crippen molar-refractivity contribution in [2.24, 2.45) is 0 Å². The summed E-state index contributed by atoms with van der Waals surface area (Å²) in [5.41, 5.74) is -1.25. The third kappa shape index (κ3) is 8.54. The fourth-order valence-corrected chi connectivity index (χ4v) is 4.23. The molecular formula is C33H26O13. The zero-order valence-electron chi connectivity index (χ0n) is 23.9. The van der Waals surface area contributed by atoms with Gasteiger partial charge in [0.2, 0.25) is 0 Å². The van der Waals surface area contributed by atoms with Crippen LogP contribution in [0.4, 0.5) is 0 Å². The summed E-state index contributed by atoms with van der Waals surface area (Å²) in [5.74, 6) is -7.58. The Bertz CT molecular complexity index is 1790. The molecule has 0 aliphatic rings. The molecule has 0 fully saturated rings. The summed E-state index contributed by atoms with van der Waals surface area (Å²) in [4.78, 5) is 70.0. The number of rotatable bonds is 9. The Labute approximate surface area is 260 Å². The number of aromatic carboxylic acids is 3. The lowest BCUT2D eigenvalue weighted by Gasteiger charge is -2.14. The van der Waals surface area contributed by atoms with Crippen molar-refractivity contribution in [2.75, 3.05) is 0 Å². The molecule has 46 heavy (non-hydrogen) atoms. The molecule has 0 aliphatic carbocycles. The summed E-state index contributed by atoms with van der Waals surface area (Å²) in [6.07, 6.45) is 0.116. The van der Waals surface area contributed by atoms with Crippen molar-refractivity contribution in [1.29, 1.82) is 0 Å². The van der Waals surface area contributed by atoms with E-state index in [-0.39, 0.29) is 46.1 Å². The highest BCUT2D eigenvalue weighted by atomic mass is 16.6. The van der Waals surface area contributed by atoms with E-state index in [2.05, 4.69) is 0 Å². The number of carboxylic acid groups (broad SMARTS) is 4. The number of hydrogen-bond acceptors (Lipinski definition) is 9. The molecule has 1 unspecified atom stereocenters. The molecule has 1 atom stereocenters. The molecule has 4 rings (SSSR count). The van der Waals surface area contributed by atoms with Gasteiger partial charge in [0.15, 0.2) is 0 Å². The number of phenols is 2. The topological polar surface area (TPSA) is 233 Å². The summed E-state index contributed by atoms with van der Waals surface area (Å²) in [5, 5.41) is 55.1. The Balaban J connectivity index is 0.000000370. The van der Waals surface area contributed by atoms with Crippen LogP contribution in [0.25, 0.3) is 11.1 Å². The van der Waals surface area contributed by atoms with Crippen LogP contribution in [0.3, 0.4) is 0 Å². The fourth-order valence-electron chi connectivity index (χ4n) is 4.23. The predicted molar refractivity (Wildman–Crippen MR) is 159 cm³/mol. The average Bonchev–Trinajstić information content (AvgIpc) is 3.01. The molecule has 0 saturated carbocycles. The standard InChI is InChI=1S/C23H14O10.C10H12O3/c24-14-7-5-11(6-8-14)17-16(10-9-15(20(27)28)18(17)21(29)30)23(32)33-22(31)13-3-1-12(2-4-13)19(25)26;1-7(6-10(12)13)8-2-4-9(11)5-3-8/h1-10,24H,(H,25,26)(H,27,28)(H,29,30);2-5,7,11H,6H2,1H3,(H,12,13). The third-order valence-electron chi connectivity index (χ3n) is 6.52. The Kier molecular flexibility index (Phi) is 10.9. The lowest BCUT2D eigenvalue weighted by atomic mass is 9.90. The van der Waals surface area contributed by atoms with E-state index in [0.717, 1.165) is 42.0 Å². The van der Waals surface area contributed by atoms with Crippen LogP contribution in [0, 0.1) is 0 Å². The predicted octanol–water partition coefficient (Wildman–Crippen LogP) is 5.12. The van der Waals surface area contributed by atoms with E-state index in [9.17, 15) is 44.1 Å². The van der Waals surface area contributed by atoms with Crippen LogP contribution in [0.15, 0.2) is 84.9 Å². The number of ether oxygens (including phenoxy) is 1. The number of aliphatic carboxylic acids is 1. The summed E-state index contributed by atoms with van der Waals surface area (Å²) in [6, 6.07) is 18.0. The Hall–Kier alpha value is -6.50. The minimum Gasteiger partial charge on any atom is -0.508 e. The molecule has 4 aromatic carbocycles. The number of aromatic hydroxyl groups is 2. The summed E-state index contributed by atoms with van der Waals surface area (Å²) >= 11 is 0. The molecule has 0 bridgehead atoms. The molecule has 0 radical (unpaired) electrons. The Morgan fingerprint density at radius 3 is 1.57 bits per heavy atom. The number of hydrogen-bond donors (Lipinski definition) is 6. The minimum absolute atomic E-state index is 0.0156. The van der Waals surface area contributed by atoms with Crippen molar-refractivity contribution in [1.82, 2.24) is 0 Å². The zero-order chi connectivity index (χ0) is 34.1. The highest BCUT2D eigenvalue weighted by Gasteiger charge is 2.28. The smallest absolute Gasteiger partial charge is 0.346 e. The number of benzene rings is 4. The van der Waals surface area contributed by atoms with Gasteiger partial charge in [-0.1, -0.05) is 31.2 Å². The molecule has 236 valence electrons. The second-order valence-corrected chi connectivity index (χ2v) is 9.72. The Morgan fingerprint density at radius 1 is 0.587 bits per heavy atom. The van der Waals surface area contributed by atoms with Crippen LogP contribution in [0.1, 0.15) is 76.6 Å². The second kappa shape index (κ2) is 14.8. The number of phenolic OH excluding ortho intramolecular Hbond substituents is 2. The van der Waals surface area contributed by atoms with Crippen LogP contribution in [0.5, 0.6) is 11.5 Å². The lowest BCUT2D eigenvalue weighted by molar-refractivity contribution is -0.137. The molecule has 13 nitrogen and oxygen atoms in total. The fraction of sp³-hybridized carbons (Fsp3) is 0.0909. The Morgan fingerprint density at radius 2 is 1.09 bits per heavy atom. The molecule has 0 aliphatic heterocycles. The number of carbonyl (C=O) groups is 6. The van der Waals surface area contributed by atoms with E-state index in [4.69, 9.17) is 20.1 Å². The first-order valence-electron chi connectivity index (χ1n) is 13.2. The van der Waals surface area contributed by atoms with E-state index in [1.54, 1.807) is 24.3 Å². The van der Waals surface area contributed by atoms with Crippen molar-refractivity contribution in [3.05, 3.63) is 118 Å². The lowest BCUT2D eigenvalue weighted by Crippen LogP contribution is -2.17. The van der Waals surface area contributed by atoms with Gasteiger partial charge in [0.05, 0.1) is 34.2 Å². The van der Waals surface area contributed by atoms with Gasteiger partial charge in [-0.05, 0) is 77.7 Å². The SMILES string of the molecule is CC(CC(=O)O)c1ccc(O)cc1.O=C(O)c1ccc(C(=O)OC(=O)c2ccc(C(=O)O)c(C(=O)O)c2-c2ccc(O)cc2)cc1. The van der Waals surface area contributed by atoms with Gasteiger partial charge in [-0.15, -0.1) is 0 Å². The van der Waals surface area contributed by atoms with Gasteiger partial charge in [-0.3, -0.25) is 4.79 Å². The molecule has 0 spiro atoms. The van der Waals surface area contributed by atoms with Gasteiger partial charge in [0, 0.05) is 5.56 Å². The van der Waals surface area contributed by atoms with Gasteiger partial charge < -0.3 is 35.4 Å². The van der Waals surface area contributed by atoms with Crippen molar-refractivity contribution in [2.45, 2.75) is 19.3 Å². The minimum atomic E-state index is -1.64. The third-order valence-corrected chi connectivity index (χ3v) is 6.52. The van der Waals surface area contributed by atoms with Crippen molar-refractivity contribution in [3.63, 3.8) is 0 Å². The summed E-state index contributed by atoms with van der Waals surface area (Å²) in [6.45, 7) is 1.85. The van der Waals surface area contributed by atoms with Crippen molar-refractivity contribution in [3.8, 4) is 22.6 Å². The van der Waals surface area contributed by atoms with E-state index in [1.165, 1.54) is 24.3 Å². The molecule has 13 heteroatoms. The van der Waals surface area contributed by atoms with Crippen LogP contribution in [-0.2, 0) is 9.53 Å². The van der Waals surface area contributed by atoms with E-state index < -0.39 is 52.5 Å². The van der Waals surface area contributed by atoms with Gasteiger partial charge in [0.25, 0.3) is 0 Å². The maximum atomic E-state index is 12.8. The largest absolute Gasteiger partial charge is 0.508 e. The first-order valence-corrected chi connectivity index (χ1v) is 13.2. The average molecular weight is 631 g/mol. The molecule has 6 N–H and O–H groups in total.